The van der Waals surface area contributed by atoms with E-state index in [1.807, 2.05) is 19.3 Å². The lowest BCUT2D eigenvalue weighted by atomic mass is 9.47. The highest BCUT2D eigenvalue weighted by molar-refractivity contribution is 5.72. The molecule has 1 aromatic heterocycles. The number of pyridine rings is 1. The van der Waals surface area contributed by atoms with Gasteiger partial charge in [0, 0.05) is 25.4 Å². The molecule has 0 aromatic carbocycles. The summed E-state index contributed by atoms with van der Waals surface area (Å²) in [4.78, 5) is 16.3. The van der Waals surface area contributed by atoms with Gasteiger partial charge in [-0.1, -0.05) is 37.6 Å². The number of amides is 1. The molecule has 5 rings (SSSR count). The van der Waals surface area contributed by atoms with Gasteiger partial charge in [0.25, 0.3) is 0 Å². The molecule has 0 radical (unpaired) electrons. The number of alkyl carbamates (subject to hydrolysis) is 1. The quantitative estimate of drug-likeness (QED) is 0.597. The number of hydrogen-bond acceptors (Lipinski definition) is 3. The van der Waals surface area contributed by atoms with Crippen LogP contribution in [0.3, 0.4) is 0 Å². The topological polar surface area (TPSA) is 51.2 Å². The van der Waals surface area contributed by atoms with E-state index in [4.69, 9.17) is 4.74 Å². The van der Waals surface area contributed by atoms with E-state index in [0.29, 0.717) is 6.54 Å². The van der Waals surface area contributed by atoms with E-state index >= 15 is 0 Å². The van der Waals surface area contributed by atoms with Crippen LogP contribution in [0.1, 0.15) is 71.3 Å². The van der Waals surface area contributed by atoms with E-state index in [1.54, 1.807) is 5.57 Å². The molecule has 4 aliphatic carbocycles. The van der Waals surface area contributed by atoms with E-state index in [-0.39, 0.29) is 23.0 Å². The standard InChI is InChI=1S/C27H36N2O2/c1-4-29-25(30)31-20-11-13-26(2)19(16-20)7-8-21-23-10-9-22(18-6-5-15-28-17-18)27(23,3)14-12-24(21)26/h5-7,9,15,17,20-21,23-24H,4,8,10-14,16H2,1-3H3,(H,29,30). The summed E-state index contributed by atoms with van der Waals surface area (Å²) in [7, 11) is 0. The van der Waals surface area contributed by atoms with Crippen molar-refractivity contribution in [2.24, 2.45) is 28.6 Å². The number of hydrogen-bond donors (Lipinski definition) is 1. The Morgan fingerprint density at radius 2 is 2.00 bits per heavy atom. The fourth-order valence-electron chi connectivity index (χ4n) is 7.60. The lowest BCUT2D eigenvalue weighted by molar-refractivity contribution is -0.0262. The summed E-state index contributed by atoms with van der Waals surface area (Å²) >= 11 is 0. The molecule has 2 fully saturated rings. The van der Waals surface area contributed by atoms with E-state index in [9.17, 15) is 4.79 Å². The minimum Gasteiger partial charge on any atom is -0.446 e. The Kier molecular flexibility index (Phi) is 5.22. The van der Waals surface area contributed by atoms with Crippen molar-refractivity contribution in [2.75, 3.05) is 6.54 Å². The third kappa shape index (κ3) is 3.34. The summed E-state index contributed by atoms with van der Waals surface area (Å²) in [5, 5.41) is 2.78. The van der Waals surface area contributed by atoms with Crippen LogP contribution in [0.4, 0.5) is 4.79 Å². The molecule has 6 unspecified atom stereocenters. The summed E-state index contributed by atoms with van der Waals surface area (Å²) in [5.74, 6) is 2.22. The number of carbonyl (C=O) groups is 1. The predicted molar refractivity (Wildman–Crippen MR) is 123 cm³/mol. The molecule has 0 aliphatic heterocycles. The van der Waals surface area contributed by atoms with Gasteiger partial charge in [-0.3, -0.25) is 4.98 Å². The Labute approximate surface area is 186 Å². The van der Waals surface area contributed by atoms with Gasteiger partial charge in [0.05, 0.1) is 0 Å². The highest BCUT2D eigenvalue weighted by atomic mass is 16.6. The normalized spacial score (nSPS) is 38.8. The first-order valence-electron chi connectivity index (χ1n) is 12.2. The molecule has 1 amide bonds. The highest BCUT2D eigenvalue weighted by Gasteiger charge is 2.57. The van der Waals surface area contributed by atoms with Gasteiger partial charge in [-0.25, -0.2) is 4.79 Å². The maximum atomic E-state index is 11.9. The second-order valence-corrected chi connectivity index (χ2v) is 10.6. The summed E-state index contributed by atoms with van der Waals surface area (Å²) in [5.41, 5.74) is 4.93. The Bertz CT molecular complexity index is 907. The summed E-state index contributed by atoms with van der Waals surface area (Å²) in [6.45, 7) is 7.56. The molecule has 0 bridgehead atoms. The number of aromatic nitrogens is 1. The van der Waals surface area contributed by atoms with Crippen LogP contribution in [0.2, 0.25) is 0 Å². The van der Waals surface area contributed by atoms with Crippen molar-refractivity contribution in [1.29, 1.82) is 0 Å². The van der Waals surface area contributed by atoms with Gasteiger partial charge in [0.15, 0.2) is 0 Å². The number of carbonyl (C=O) groups excluding carboxylic acids is 1. The molecule has 4 nitrogen and oxygen atoms in total. The first kappa shape index (κ1) is 20.8. The first-order chi connectivity index (χ1) is 15.0. The van der Waals surface area contributed by atoms with Gasteiger partial charge in [0.1, 0.15) is 6.10 Å². The Balaban J connectivity index is 1.35. The molecule has 1 heterocycles. The third-order valence-electron chi connectivity index (χ3n) is 9.21. The fourth-order valence-corrected chi connectivity index (χ4v) is 7.60. The molecule has 31 heavy (non-hydrogen) atoms. The molecule has 6 atom stereocenters. The number of nitrogens with zero attached hydrogens (tertiary/aromatic N) is 1. The van der Waals surface area contributed by atoms with Gasteiger partial charge in [-0.2, -0.15) is 0 Å². The zero-order valence-electron chi connectivity index (χ0n) is 19.2. The molecule has 1 aromatic rings. The maximum Gasteiger partial charge on any atom is 0.407 e. The lowest BCUT2D eigenvalue weighted by Crippen LogP contribution is -2.50. The van der Waals surface area contributed by atoms with Gasteiger partial charge in [-0.05, 0) is 91.2 Å². The summed E-state index contributed by atoms with van der Waals surface area (Å²) < 4.78 is 5.71. The molecule has 0 saturated heterocycles. The van der Waals surface area contributed by atoms with Crippen molar-refractivity contribution in [2.45, 2.75) is 71.8 Å². The maximum absolute atomic E-state index is 11.9. The van der Waals surface area contributed by atoms with Crippen LogP contribution in [0, 0.1) is 28.6 Å². The minimum absolute atomic E-state index is 0.0293. The molecular weight excluding hydrogens is 384 g/mol. The molecule has 2 saturated carbocycles. The Hall–Kier alpha value is -2.10. The average Bonchev–Trinajstić information content (AvgIpc) is 3.12. The van der Waals surface area contributed by atoms with Crippen molar-refractivity contribution in [1.82, 2.24) is 10.3 Å². The summed E-state index contributed by atoms with van der Waals surface area (Å²) in [6, 6.07) is 4.30. The SMILES string of the molecule is CCNC(=O)OC1CCC2(C)C(=CCC3C2CCC2(C)C(c4cccnc4)=CCC32)C1. The Morgan fingerprint density at radius 3 is 2.77 bits per heavy atom. The van der Waals surface area contributed by atoms with Gasteiger partial charge in [0.2, 0.25) is 0 Å². The Morgan fingerprint density at radius 1 is 1.16 bits per heavy atom. The van der Waals surface area contributed by atoms with Crippen LogP contribution in [-0.4, -0.2) is 23.7 Å². The van der Waals surface area contributed by atoms with Crippen LogP contribution >= 0.6 is 0 Å². The largest absolute Gasteiger partial charge is 0.446 e. The molecule has 1 N–H and O–H groups in total. The van der Waals surface area contributed by atoms with Crippen molar-refractivity contribution < 1.29 is 9.53 Å². The van der Waals surface area contributed by atoms with E-state index in [2.05, 4.69) is 48.4 Å². The lowest BCUT2D eigenvalue weighted by Gasteiger charge is -2.57. The number of allylic oxidation sites excluding steroid dienone is 3. The molecule has 0 spiro atoms. The highest BCUT2D eigenvalue weighted by Crippen LogP contribution is 2.66. The third-order valence-corrected chi connectivity index (χ3v) is 9.21. The number of nitrogens with one attached hydrogen (secondary N) is 1. The number of rotatable bonds is 3. The van der Waals surface area contributed by atoms with Crippen LogP contribution in [0.25, 0.3) is 5.57 Å². The van der Waals surface area contributed by atoms with Crippen molar-refractivity contribution >= 4 is 11.7 Å². The zero-order chi connectivity index (χ0) is 21.6. The van der Waals surface area contributed by atoms with E-state index in [0.717, 1.165) is 37.0 Å². The van der Waals surface area contributed by atoms with E-state index in [1.165, 1.54) is 36.8 Å². The summed E-state index contributed by atoms with van der Waals surface area (Å²) in [6.07, 6.45) is 16.7. The molecular formula is C27H36N2O2. The molecule has 4 aliphatic rings. The predicted octanol–water partition coefficient (Wildman–Crippen LogP) is 6.15. The van der Waals surface area contributed by atoms with E-state index < -0.39 is 0 Å². The second-order valence-electron chi connectivity index (χ2n) is 10.6. The number of ether oxygens (including phenoxy) is 1. The minimum atomic E-state index is -0.265. The smallest absolute Gasteiger partial charge is 0.407 e. The van der Waals surface area contributed by atoms with Gasteiger partial charge >= 0.3 is 6.09 Å². The zero-order valence-corrected chi connectivity index (χ0v) is 19.2. The van der Waals surface area contributed by atoms with Gasteiger partial charge in [-0.15, -0.1) is 0 Å². The number of fused-ring (bicyclic) bond motifs is 5. The van der Waals surface area contributed by atoms with Crippen LogP contribution in [0.15, 0.2) is 42.3 Å². The van der Waals surface area contributed by atoms with Crippen LogP contribution < -0.4 is 5.32 Å². The van der Waals surface area contributed by atoms with Crippen molar-refractivity contribution in [3.8, 4) is 0 Å². The van der Waals surface area contributed by atoms with Crippen LogP contribution in [0.5, 0.6) is 0 Å². The monoisotopic (exact) mass is 420 g/mol. The fraction of sp³-hybridized carbons (Fsp3) is 0.630. The van der Waals surface area contributed by atoms with Crippen molar-refractivity contribution in [3.05, 3.63) is 47.8 Å². The second kappa shape index (κ2) is 7.79. The van der Waals surface area contributed by atoms with Crippen LogP contribution in [-0.2, 0) is 4.74 Å². The molecule has 4 heteroatoms. The molecule has 166 valence electrons. The first-order valence-corrected chi connectivity index (χ1v) is 12.2. The van der Waals surface area contributed by atoms with Crippen molar-refractivity contribution in [3.63, 3.8) is 0 Å². The average molecular weight is 421 g/mol. The van der Waals surface area contributed by atoms with Gasteiger partial charge < -0.3 is 10.1 Å².